The summed E-state index contributed by atoms with van der Waals surface area (Å²) >= 11 is 6.29. The number of aromatic nitrogens is 2. The molecule has 3 nitrogen and oxygen atoms in total. The fraction of sp³-hybridized carbons (Fsp3) is 0.667. The molecule has 6 heteroatoms. The highest BCUT2D eigenvalue weighted by atomic mass is 79.9. The number of halogens is 1. The lowest BCUT2D eigenvalue weighted by molar-refractivity contribution is 0.226. The molecule has 0 spiro atoms. The molecule has 12 heavy (non-hydrogen) atoms. The Labute approximate surface area is 87.7 Å². The van der Waals surface area contributed by atoms with Crippen LogP contribution in [-0.2, 0) is 0 Å². The lowest BCUT2D eigenvalue weighted by Crippen LogP contribution is -2.10. The summed E-state index contributed by atoms with van der Waals surface area (Å²) < 4.78 is 0.924. The van der Waals surface area contributed by atoms with Gasteiger partial charge in [0.05, 0.1) is 6.10 Å². The molecule has 0 aliphatic heterocycles. The first-order valence-corrected chi connectivity index (χ1v) is 6.31. The van der Waals surface area contributed by atoms with Gasteiger partial charge >= 0.3 is 0 Å². The van der Waals surface area contributed by atoms with E-state index in [0.717, 1.165) is 9.35 Å². The zero-order chi connectivity index (χ0) is 8.97. The van der Waals surface area contributed by atoms with Gasteiger partial charge in [-0.05, 0) is 6.92 Å². The molecule has 0 saturated carbocycles. The van der Waals surface area contributed by atoms with Crippen molar-refractivity contribution in [1.82, 2.24) is 10.2 Å². The molecule has 0 aromatic carbocycles. The zero-order valence-corrected chi connectivity index (χ0v) is 9.75. The predicted octanol–water partition coefficient (Wildman–Crippen LogP) is 1.69. The van der Waals surface area contributed by atoms with Gasteiger partial charge in [-0.25, -0.2) is 0 Å². The summed E-state index contributed by atoms with van der Waals surface area (Å²) in [6.45, 7) is 1.92. The highest BCUT2D eigenvalue weighted by molar-refractivity contribution is 9.09. The molecule has 1 unspecified atom stereocenters. The second-order valence-corrected chi connectivity index (χ2v) is 5.30. The number of hydrogen-bond acceptors (Lipinski definition) is 5. The number of hydrogen-bond donors (Lipinski definition) is 1. The molecular weight excluding hydrogens is 260 g/mol. The first-order valence-electron chi connectivity index (χ1n) is 3.39. The van der Waals surface area contributed by atoms with E-state index in [9.17, 15) is 5.11 Å². The van der Waals surface area contributed by atoms with Gasteiger partial charge in [0.25, 0.3) is 0 Å². The number of aryl methyl sites for hydroxylation is 1. The summed E-state index contributed by atoms with van der Waals surface area (Å²) in [5.41, 5.74) is 0. The van der Waals surface area contributed by atoms with Gasteiger partial charge in [0.1, 0.15) is 5.01 Å². The first-order chi connectivity index (χ1) is 5.72. The van der Waals surface area contributed by atoms with Gasteiger partial charge in [-0.2, -0.15) is 0 Å². The Balaban J connectivity index is 2.33. The fourth-order valence-corrected chi connectivity index (χ4v) is 2.85. The van der Waals surface area contributed by atoms with E-state index < -0.39 is 0 Å². The van der Waals surface area contributed by atoms with E-state index in [1.54, 1.807) is 11.3 Å². The van der Waals surface area contributed by atoms with Gasteiger partial charge in [-0.3, -0.25) is 0 Å². The van der Waals surface area contributed by atoms with E-state index in [1.165, 1.54) is 11.8 Å². The van der Waals surface area contributed by atoms with Crippen molar-refractivity contribution in [2.24, 2.45) is 0 Å². The molecule has 0 radical (unpaired) electrons. The SMILES string of the molecule is Cc1nnc(SCC(O)CBr)s1. The lowest BCUT2D eigenvalue weighted by Gasteiger charge is -2.02. The summed E-state index contributed by atoms with van der Waals surface area (Å²) in [6.07, 6.45) is -0.306. The minimum absolute atomic E-state index is 0.306. The van der Waals surface area contributed by atoms with Crippen LogP contribution in [0.25, 0.3) is 0 Å². The molecule has 0 bridgehead atoms. The minimum Gasteiger partial charge on any atom is -0.391 e. The highest BCUT2D eigenvalue weighted by Gasteiger charge is 2.05. The van der Waals surface area contributed by atoms with E-state index in [4.69, 9.17) is 0 Å². The van der Waals surface area contributed by atoms with Gasteiger partial charge in [0, 0.05) is 11.1 Å². The van der Waals surface area contributed by atoms with Crippen LogP contribution < -0.4 is 0 Å². The van der Waals surface area contributed by atoms with Crippen molar-refractivity contribution in [2.45, 2.75) is 17.4 Å². The van der Waals surface area contributed by atoms with Crippen molar-refractivity contribution >= 4 is 39.0 Å². The maximum absolute atomic E-state index is 9.21. The zero-order valence-electron chi connectivity index (χ0n) is 6.53. The third-order valence-electron chi connectivity index (χ3n) is 1.08. The molecule has 1 N–H and O–H groups in total. The number of thioether (sulfide) groups is 1. The molecule has 0 aliphatic carbocycles. The van der Waals surface area contributed by atoms with Crippen molar-refractivity contribution in [1.29, 1.82) is 0 Å². The number of nitrogens with zero attached hydrogens (tertiary/aromatic N) is 2. The van der Waals surface area contributed by atoms with Crippen molar-refractivity contribution in [3.63, 3.8) is 0 Å². The van der Waals surface area contributed by atoms with Crippen LogP contribution in [0.2, 0.25) is 0 Å². The Morgan fingerprint density at radius 3 is 2.92 bits per heavy atom. The number of aliphatic hydroxyl groups is 1. The van der Waals surface area contributed by atoms with Crippen LogP contribution in [-0.4, -0.2) is 32.5 Å². The smallest absolute Gasteiger partial charge is 0.174 e. The largest absolute Gasteiger partial charge is 0.391 e. The third kappa shape index (κ3) is 3.38. The Hall–Kier alpha value is 0.350. The summed E-state index contributed by atoms with van der Waals surface area (Å²) in [6, 6.07) is 0. The molecule has 1 heterocycles. The molecule has 68 valence electrons. The molecule has 1 rings (SSSR count). The number of alkyl halides is 1. The molecule has 0 aliphatic rings. The predicted molar refractivity (Wildman–Crippen MR) is 55.2 cm³/mol. The van der Waals surface area contributed by atoms with E-state index in [-0.39, 0.29) is 6.10 Å². The van der Waals surface area contributed by atoms with Gasteiger partial charge < -0.3 is 5.11 Å². The Morgan fingerprint density at radius 1 is 1.67 bits per heavy atom. The van der Waals surface area contributed by atoms with E-state index in [1.807, 2.05) is 6.92 Å². The quantitative estimate of drug-likeness (QED) is 0.667. The van der Waals surface area contributed by atoms with Crippen LogP contribution in [0.4, 0.5) is 0 Å². The highest BCUT2D eigenvalue weighted by Crippen LogP contribution is 2.22. The molecule has 1 aromatic heterocycles. The van der Waals surface area contributed by atoms with Crippen LogP contribution in [0, 0.1) is 6.92 Å². The third-order valence-corrected chi connectivity index (χ3v) is 3.95. The maximum atomic E-state index is 9.21. The van der Waals surface area contributed by atoms with Gasteiger partial charge in [0.2, 0.25) is 0 Å². The Morgan fingerprint density at radius 2 is 2.42 bits per heavy atom. The fourth-order valence-electron chi connectivity index (χ4n) is 0.549. The maximum Gasteiger partial charge on any atom is 0.174 e. The van der Waals surface area contributed by atoms with Crippen LogP contribution in [0.3, 0.4) is 0 Å². The summed E-state index contributed by atoms with van der Waals surface area (Å²) in [5.74, 6) is 0.667. The van der Waals surface area contributed by atoms with Crippen LogP contribution in [0.15, 0.2) is 4.34 Å². The van der Waals surface area contributed by atoms with E-state index in [0.29, 0.717) is 11.1 Å². The number of aliphatic hydroxyl groups excluding tert-OH is 1. The first kappa shape index (κ1) is 10.4. The topological polar surface area (TPSA) is 46.0 Å². The summed E-state index contributed by atoms with van der Waals surface area (Å²) in [5, 5.41) is 18.6. The molecule has 0 fully saturated rings. The van der Waals surface area contributed by atoms with Crippen LogP contribution in [0.1, 0.15) is 5.01 Å². The molecule has 1 atom stereocenters. The van der Waals surface area contributed by atoms with E-state index in [2.05, 4.69) is 26.1 Å². The standard InChI is InChI=1S/C6H9BrN2OS2/c1-4-8-9-6(12-4)11-3-5(10)2-7/h5,10H,2-3H2,1H3. The molecule has 0 saturated heterocycles. The van der Waals surface area contributed by atoms with E-state index >= 15 is 0 Å². The molecule has 1 aromatic rings. The average molecular weight is 269 g/mol. The van der Waals surface area contributed by atoms with Crippen LogP contribution >= 0.6 is 39.0 Å². The molecular formula is C6H9BrN2OS2. The second kappa shape index (κ2) is 5.16. The van der Waals surface area contributed by atoms with Gasteiger partial charge in [-0.15, -0.1) is 10.2 Å². The average Bonchev–Trinajstić information content (AvgIpc) is 2.47. The van der Waals surface area contributed by atoms with Crippen molar-refractivity contribution in [2.75, 3.05) is 11.1 Å². The Kier molecular flexibility index (Phi) is 4.49. The van der Waals surface area contributed by atoms with Gasteiger partial charge in [0.15, 0.2) is 4.34 Å². The summed E-state index contributed by atoms with van der Waals surface area (Å²) in [7, 11) is 0. The second-order valence-electron chi connectivity index (χ2n) is 2.21. The van der Waals surface area contributed by atoms with Crippen molar-refractivity contribution < 1.29 is 5.11 Å². The van der Waals surface area contributed by atoms with Crippen molar-refractivity contribution in [3.05, 3.63) is 5.01 Å². The van der Waals surface area contributed by atoms with Crippen LogP contribution in [0.5, 0.6) is 0 Å². The monoisotopic (exact) mass is 268 g/mol. The molecule has 0 amide bonds. The minimum atomic E-state index is -0.306. The lowest BCUT2D eigenvalue weighted by atomic mass is 10.5. The van der Waals surface area contributed by atoms with Crippen molar-refractivity contribution in [3.8, 4) is 0 Å². The number of rotatable bonds is 4. The normalized spacial score (nSPS) is 13.2. The summed E-state index contributed by atoms with van der Waals surface area (Å²) in [4.78, 5) is 0. The Bertz CT molecular complexity index is 243. The van der Waals surface area contributed by atoms with Gasteiger partial charge in [-0.1, -0.05) is 39.0 Å².